The molecular weight excluding hydrogens is 204 g/mol. The smallest absolute Gasteiger partial charge is 0.224 e. The fourth-order valence-corrected chi connectivity index (χ4v) is 1.66. The molecule has 90 valence electrons. The maximum Gasteiger partial charge on any atom is 0.224 e. The quantitative estimate of drug-likeness (QED) is 0.791. The molecule has 0 aliphatic heterocycles. The van der Waals surface area contributed by atoms with Crippen LogP contribution in [0.3, 0.4) is 0 Å². The molecule has 1 N–H and O–H groups in total. The van der Waals surface area contributed by atoms with Crippen LogP contribution in [0.1, 0.15) is 13.8 Å². The van der Waals surface area contributed by atoms with Gasteiger partial charge in [0.25, 0.3) is 0 Å². The van der Waals surface area contributed by atoms with Crippen LogP contribution in [0.2, 0.25) is 0 Å². The molecule has 0 fully saturated rings. The maximum absolute atomic E-state index is 5.16. The predicted octanol–water partition coefficient (Wildman–Crippen LogP) is 1.38. The van der Waals surface area contributed by atoms with E-state index in [2.05, 4.69) is 34.0 Å². The highest BCUT2D eigenvalue weighted by Crippen LogP contribution is 2.14. The van der Waals surface area contributed by atoms with Crippen LogP contribution in [0, 0.1) is 0 Å². The molecule has 1 rings (SSSR count). The largest absolute Gasteiger partial charge is 0.383 e. The van der Waals surface area contributed by atoms with Gasteiger partial charge in [0.15, 0.2) is 0 Å². The first-order chi connectivity index (χ1) is 7.72. The zero-order chi connectivity index (χ0) is 12.0. The van der Waals surface area contributed by atoms with Crippen molar-refractivity contribution in [2.24, 2.45) is 0 Å². The summed E-state index contributed by atoms with van der Waals surface area (Å²) < 4.78 is 5.16. The average Bonchev–Trinajstić information content (AvgIpc) is 2.31. The summed E-state index contributed by atoms with van der Waals surface area (Å²) in [6.45, 7) is 5.80. The van der Waals surface area contributed by atoms with Crippen molar-refractivity contribution in [2.75, 3.05) is 37.5 Å². The van der Waals surface area contributed by atoms with Crippen molar-refractivity contribution < 1.29 is 4.74 Å². The number of nitrogens with zero attached hydrogens (tertiary/aromatic N) is 3. The zero-order valence-corrected chi connectivity index (χ0v) is 10.4. The summed E-state index contributed by atoms with van der Waals surface area (Å²) in [7, 11) is 3.53. The molecule has 5 heteroatoms. The maximum atomic E-state index is 5.16. The topological polar surface area (TPSA) is 50.3 Å². The molecule has 16 heavy (non-hydrogen) atoms. The van der Waals surface area contributed by atoms with Crippen molar-refractivity contribution in [2.45, 2.75) is 19.9 Å². The van der Waals surface area contributed by atoms with E-state index in [1.807, 2.05) is 13.1 Å². The van der Waals surface area contributed by atoms with E-state index in [4.69, 9.17) is 4.74 Å². The van der Waals surface area contributed by atoms with E-state index >= 15 is 0 Å². The summed E-state index contributed by atoms with van der Waals surface area (Å²) in [4.78, 5) is 10.7. The summed E-state index contributed by atoms with van der Waals surface area (Å²) in [5.41, 5.74) is 0. The van der Waals surface area contributed by atoms with Gasteiger partial charge in [0.1, 0.15) is 5.82 Å². The van der Waals surface area contributed by atoms with Gasteiger partial charge in [0, 0.05) is 26.9 Å². The van der Waals surface area contributed by atoms with Gasteiger partial charge in [-0.05, 0) is 19.9 Å². The van der Waals surface area contributed by atoms with Crippen LogP contribution >= 0.6 is 0 Å². The number of anilines is 2. The summed E-state index contributed by atoms with van der Waals surface area (Å²) >= 11 is 0. The van der Waals surface area contributed by atoms with E-state index < -0.39 is 0 Å². The van der Waals surface area contributed by atoms with Gasteiger partial charge in [-0.25, -0.2) is 4.98 Å². The molecule has 0 saturated heterocycles. The van der Waals surface area contributed by atoms with Crippen molar-refractivity contribution in [3.63, 3.8) is 0 Å². The summed E-state index contributed by atoms with van der Waals surface area (Å²) in [5, 5.41) is 2.94. The summed E-state index contributed by atoms with van der Waals surface area (Å²) in [5.74, 6) is 1.56. The molecule has 5 nitrogen and oxygen atoms in total. The summed E-state index contributed by atoms with van der Waals surface area (Å²) in [6.07, 6.45) is 1.76. The summed E-state index contributed by atoms with van der Waals surface area (Å²) in [6, 6.07) is 2.21. The fourth-order valence-electron chi connectivity index (χ4n) is 1.66. The van der Waals surface area contributed by atoms with E-state index in [9.17, 15) is 0 Å². The molecule has 0 aliphatic carbocycles. The SMILES string of the molecule is CCN(c1ccnc(NC)n1)C(C)COC. The van der Waals surface area contributed by atoms with Crippen LogP contribution in [0.25, 0.3) is 0 Å². The molecule has 0 radical (unpaired) electrons. The first-order valence-electron chi connectivity index (χ1n) is 5.49. The zero-order valence-electron chi connectivity index (χ0n) is 10.4. The molecule has 1 aromatic heterocycles. The average molecular weight is 224 g/mol. The highest BCUT2D eigenvalue weighted by atomic mass is 16.5. The van der Waals surface area contributed by atoms with Crippen molar-refractivity contribution >= 4 is 11.8 Å². The predicted molar refractivity (Wildman–Crippen MR) is 65.9 cm³/mol. The number of nitrogens with one attached hydrogen (secondary N) is 1. The van der Waals surface area contributed by atoms with Crippen LogP contribution in [-0.2, 0) is 4.74 Å². The molecule has 0 bridgehead atoms. The van der Waals surface area contributed by atoms with Crippen LogP contribution in [0.4, 0.5) is 11.8 Å². The lowest BCUT2D eigenvalue weighted by molar-refractivity contribution is 0.181. The molecular formula is C11H20N4O. The molecule has 0 aliphatic rings. The van der Waals surface area contributed by atoms with Crippen LogP contribution in [0.15, 0.2) is 12.3 Å². The first kappa shape index (κ1) is 12.7. The molecule has 1 heterocycles. The standard InChI is InChI=1S/C11H20N4O/c1-5-15(9(2)8-16-4)10-6-7-13-11(12-3)14-10/h6-7,9H,5,8H2,1-4H3,(H,12,13,14). The number of ether oxygens (including phenoxy) is 1. The van der Waals surface area contributed by atoms with Gasteiger partial charge in [-0.2, -0.15) is 4.98 Å². The van der Waals surface area contributed by atoms with Gasteiger partial charge >= 0.3 is 0 Å². The second kappa shape index (κ2) is 6.27. The normalized spacial score (nSPS) is 12.2. The van der Waals surface area contributed by atoms with Gasteiger partial charge in [0.05, 0.1) is 12.6 Å². The second-order valence-electron chi connectivity index (χ2n) is 3.58. The Morgan fingerprint density at radius 2 is 2.31 bits per heavy atom. The van der Waals surface area contributed by atoms with Gasteiger partial charge in [-0.1, -0.05) is 0 Å². The number of hydrogen-bond acceptors (Lipinski definition) is 5. The Bertz CT molecular complexity index is 319. The lowest BCUT2D eigenvalue weighted by Crippen LogP contribution is -2.36. The van der Waals surface area contributed by atoms with Crippen molar-refractivity contribution in [1.29, 1.82) is 0 Å². The lowest BCUT2D eigenvalue weighted by Gasteiger charge is -2.28. The minimum Gasteiger partial charge on any atom is -0.383 e. The van der Waals surface area contributed by atoms with E-state index in [1.54, 1.807) is 13.3 Å². The second-order valence-corrected chi connectivity index (χ2v) is 3.58. The Kier molecular flexibility index (Phi) is 4.98. The Balaban J connectivity index is 2.85. The van der Waals surface area contributed by atoms with E-state index in [1.165, 1.54) is 0 Å². The number of hydrogen-bond donors (Lipinski definition) is 1. The number of likely N-dealkylation sites (N-methyl/N-ethyl adjacent to an activating group) is 1. The Hall–Kier alpha value is -1.36. The Labute approximate surface area is 96.8 Å². The molecule has 0 amide bonds. The van der Waals surface area contributed by atoms with Crippen LogP contribution in [0.5, 0.6) is 0 Å². The Morgan fingerprint density at radius 3 is 2.88 bits per heavy atom. The Morgan fingerprint density at radius 1 is 1.56 bits per heavy atom. The van der Waals surface area contributed by atoms with E-state index in [0.717, 1.165) is 12.4 Å². The van der Waals surface area contributed by atoms with Gasteiger partial charge in [0.2, 0.25) is 5.95 Å². The molecule has 0 saturated carbocycles. The molecule has 1 aromatic rings. The van der Waals surface area contributed by atoms with Crippen LogP contribution < -0.4 is 10.2 Å². The number of rotatable bonds is 6. The highest BCUT2D eigenvalue weighted by molar-refractivity contribution is 5.43. The molecule has 1 atom stereocenters. The number of methoxy groups -OCH3 is 1. The van der Waals surface area contributed by atoms with Crippen molar-refractivity contribution in [1.82, 2.24) is 9.97 Å². The van der Waals surface area contributed by atoms with Gasteiger partial charge in [-0.3, -0.25) is 0 Å². The minimum absolute atomic E-state index is 0.301. The van der Waals surface area contributed by atoms with Crippen LogP contribution in [-0.4, -0.2) is 43.3 Å². The first-order valence-corrected chi connectivity index (χ1v) is 5.49. The molecule has 0 spiro atoms. The fraction of sp³-hybridized carbons (Fsp3) is 0.636. The third-order valence-electron chi connectivity index (χ3n) is 2.44. The van der Waals surface area contributed by atoms with E-state index in [0.29, 0.717) is 18.6 Å². The lowest BCUT2D eigenvalue weighted by atomic mass is 10.3. The third kappa shape index (κ3) is 3.06. The minimum atomic E-state index is 0.301. The van der Waals surface area contributed by atoms with E-state index in [-0.39, 0.29) is 0 Å². The highest BCUT2D eigenvalue weighted by Gasteiger charge is 2.14. The van der Waals surface area contributed by atoms with Crippen molar-refractivity contribution in [3.05, 3.63) is 12.3 Å². The van der Waals surface area contributed by atoms with Gasteiger partial charge in [-0.15, -0.1) is 0 Å². The third-order valence-corrected chi connectivity index (χ3v) is 2.44. The molecule has 0 aromatic carbocycles. The monoisotopic (exact) mass is 224 g/mol. The van der Waals surface area contributed by atoms with Gasteiger partial charge < -0.3 is 15.0 Å². The van der Waals surface area contributed by atoms with Crippen molar-refractivity contribution in [3.8, 4) is 0 Å². The number of aromatic nitrogens is 2. The molecule has 1 unspecified atom stereocenters.